The summed E-state index contributed by atoms with van der Waals surface area (Å²) in [6.07, 6.45) is 0.780. The van der Waals surface area contributed by atoms with E-state index in [9.17, 15) is 4.79 Å². The van der Waals surface area contributed by atoms with E-state index in [-0.39, 0.29) is 5.78 Å². The van der Waals surface area contributed by atoms with Gasteiger partial charge in [0.25, 0.3) is 0 Å². The lowest BCUT2D eigenvalue weighted by Crippen LogP contribution is -2.53. The number of anilines is 2. The molecule has 1 spiro atoms. The molecule has 2 heterocycles. The first-order valence-electron chi connectivity index (χ1n) is 12.4. The summed E-state index contributed by atoms with van der Waals surface area (Å²) in [6, 6.07) is 36.1. The average molecular weight is 503 g/mol. The highest BCUT2D eigenvalue weighted by Crippen LogP contribution is 2.55. The van der Waals surface area contributed by atoms with Crippen molar-refractivity contribution in [1.82, 2.24) is 0 Å². The van der Waals surface area contributed by atoms with Gasteiger partial charge in [-0.2, -0.15) is 10.2 Å². The van der Waals surface area contributed by atoms with E-state index in [1.54, 1.807) is 0 Å². The van der Waals surface area contributed by atoms with E-state index in [2.05, 4.69) is 62.4 Å². The van der Waals surface area contributed by atoms with Gasteiger partial charge in [0.1, 0.15) is 0 Å². The van der Waals surface area contributed by atoms with Crippen molar-refractivity contribution in [2.75, 3.05) is 10.0 Å². The normalized spacial score (nSPS) is 18.4. The van der Waals surface area contributed by atoms with Gasteiger partial charge in [-0.05, 0) is 49.4 Å². The molecule has 6 rings (SSSR count). The average Bonchev–Trinajstić information content (AvgIpc) is 3.35. The highest BCUT2D eigenvalue weighted by Gasteiger charge is 2.56. The predicted octanol–water partition coefficient (Wildman–Crippen LogP) is 7.19. The van der Waals surface area contributed by atoms with Crippen molar-refractivity contribution >= 4 is 39.7 Å². The first-order valence-corrected chi connectivity index (χ1v) is 13.2. The monoisotopic (exact) mass is 502 g/mol. The van der Waals surface area contributed by atoms with Crippen LogP contribution in [-0.4, -0.2) is 16.5 Å². The predicted molar refractivity (Wildman–Crippen MR) is 153 cm³/mol. The molecule has 0 saturated carbocycles. The summed E-state index contributed by atoms with van der Waals surface area (Å²) >= 11 is 1.45. The summed E-state index contributed by atoms with van der Waals surface area (Å²) < 4.78 is 0. The van der Waals surface area contributed by atoms with Crippen molar-refractivity contribution in [2.45, 2.75) is 25.3 Å². The van der Waals surface area contributed by atoms with E-state index in [1.165, 1.54) is 11.8 Å². The van der Waals surface area contributed by atoms with Gasteiger partial charge in [0, 0.05) is 16.7 Å². The summed E-state index contributed by atoms with van der Waals surface area (Å²) in [5, 5.41) is 14.7. The first kappa shape index (κ1) is 23.3. The third-order valence-electron chi connectivity index (χ3n) is 6.66. The lowest BCUT2D eigenvalue weighted by molar-refractivity contribution is 0.106. The van der Waals surface area contributed by atoms with Crippen molar-refractivity contribution in [2.24, 2.45) is 10.2 Å². The minimum Gasteiger partial charge on any atom is -0.286 e. The molecule has 0 radical (unpaired) electrons. The largest absolute Gasteiger partial charge is 0.286 e. The fraction of sp³-hybridized carbons (Fsp3) is 0.129. The first-order chi connectivity index (χ1) is 18.1. The van der Waals surface area contributed by atoms with Gasteiger partial charge in [-0.25, -0.2) is 10.0 Å². The second-order valence-electron chi connectivity index (χ2n) is 9.05. The van der Waals surface area contributed by atoms with Gasteiger partial charge >= 0.3 is 0 Å². The van der Waals surface area contributed by atoms with E-state index in [0.29, 0.717) is 10.6 Å². The second kappa shape index (κ2) is 9.37. The van der Waals surface area contributed by atoms with Gasteiger partial charge in [0.2, 0.25) is 10.8 Å². The Bertz CT molecular complexity index is 1520. The van der Waals surface area contributed by atoms with E-state index in [1.807, 2.05) is 70.7 Å². The zero-order chi connectivity index (χ0) is 25.4. The van der Waals surface area contributed by atoms with Crippen molar-refractivity contribution in [1.29, 1.82) is 0 Å². The van der Waals surface area contributed by atoms with Crippen LogP contribution >= 0.6 is 11.8 Å². The number of para-hydroxylation sites is 1. The van der Waals surface area contributed by atoms with Crippen LogP contribution in [0.4, 0.5) is 11.4 Å². The molecule has 37 heavy (non-hydrogen) atoms. The number of benzene rings is 4. The Morgan fingerprint density at radius 2 is 1.35 bits per heavy atom. The number of carbonyl (C=O) groups is 1. The molecule has 6 heteroatoms. The van der Waals surface area contributed by atoms with E-state index in [0.717, 1.165) is 40.2 Å². The number of aryl methyl sites for hydroxylation is 1. The topological polar surface area (TPSA) is 48.3 Å². The molecular formula is C31H26N4OS. The van der Waals surface area contributed by atoms with E-state index in [4.69, 9.17) is 10.2 Å². The molecule has 0 saturated heterocycles. The zero-order valence-electron chi connectivity index (χ0n) is 20.7. The number of rotatable bonds is 5. The highest BCUT2D eigenvalue weighted by molar-refractivity contribution is 8.17. The molecule has 5 nitrogen and oxygen atoms in total. The van der Waals surface area contributed by atoms with Gasteiger partial charge in [-0.15, -0.1) is 0 Å². The maximum absolute atomic E-state index is 13.7. The number of ketones is 1. The Kier molecular flexibility index (Phi) is 5.89. The number of nitrogens with zero attached hydrogens (tertiary/aromatic N) is 4. The van der Waals surface area contributed by atoms with Crippen LogP contribution in [0.15, 0.2) is 119 Å². The zero-order valence-corrected chi connectivity index (χ0v) is 21.5. The minimum atomic E-state index is -0.925. The molecular weight excluding hydrogens is 476 g/mol. The van der Waals surface area contributed by atoms with Crippen molar-refractivity contribution in [3.05, 3.63) is 131 Å². The van der Waals surface area contributed by atoms with Crippen molar-refractivity contribution < 1.29 is 4.79 Å². The van der Waals surface area contributed by atoms with Crippen LogP contribution in [0.1, 0.15) is 40.4 Å². The molecule has 0 N–H and O–H groups in total. The van der Waals surface area contributed by atoms with E-state index >= 15 is 0 Å². The maximum atomic E-state index is 13.7. The number of Topliss-reactive ketones (excluding diaryl/α,β-unsaturated/α-hetero) is 1. The molecule has 4 aromatic carbocycles. The summed E-state index contributed by atoms with van der Waals surface area (Å²) in [5.41, 5.74) is 6.71. The second-order valence-corrected chi connectivity index (χ2v) is 10.2. The molecule has 0 aliphatic carbocycles. The van der Waals surface area contributed by atoms with Crippen LogP contribution in [0.25, 0.3) is 0 Å². The maximum Gasteiger partial charge on any atom is 0.234 e. The Labute approximate surface area is 221 Å². The lowest BCUT2D eigenvalue weighted by Gasteiger charge is -2.47. The molecule has 0 amide bonds. The molecule has 0 unspecified atom stereocenters. The third-order valence-corrected chi connectivity index (χ3v) is 7.97. The van der Waals surface area contributed by atoms with Gasteiger partial charge in [0.05, 0.1) is 17.1 Å². The Hall–Kier alpha value is -4.16. The summed E-state index contributed by atoms with van der Waals surface area (Å²) in [6.45, 7) is 4.19. The van der Waals surface area contributed by atoms with Crippen LogP contribution in [0.3, 0.4) is 0 Å². The van der Waals surface area contributed by atoms with Gasteiger partial charge < -0.3 is 0 Å². The smallest absolute Gasteiger partial charge is 0.234 e. The molecule has 2 aliphatic heterocycles. The lowest BCUT2D eigenvalue weighted by atomic mass is 9.96. The number of hydrogen-bond acceptors (Lipinski definition) is 6. The minimum absolute atomic E-state index is 0.102. The molecule has 0 aromatic heterocycles. The third kappa shape index (κ3) is 3.85. The Morgan fingerprint density at radius 1 is 0.757 bits per heavy atom. The molecule has 182 valence electrons. The van der Waals surface area contributed by atoms with Gasteiger partial charge in [0.15, 0.2) is 5.04 Å². The summed E-state index contributed by atoms with van der Waals surface area (Å²) in [7, 11) is 0. The Balaban J connectivity index is 1.61. The number of thioether (sulfide) groups is 1. The Morgan fingerprint density at radius 3 is 2.05 bits per heavy atom. The van der Waals surface area contributed by atoms with Crippen LogP contribution in [0.2, 0.25) is 0 Å². The number of fused-ring (bicyclic) bond motifs is 2. The van der Waals surface area contributed by atoms with E-state index < -0.39 is 4.99 Å². The molecule has 0 bridgehead atoms. The van der Waals surface area contributed by atoms with Crippen molar-refractivity contribution in [3.63, 3.8) is 0 Å². The van der Waals surface area contributed by atoms with Crippen LogP contribution in [-0.2, 0) is 4.99 Å². The standard InChI is InChI=1S/C31H26N4OS/c1-3-28-26-16-10-11-17-27(26)31(34(32-28)24-14-8-5-9-15-24)35(25-20-18-22(2)19-21-25)33-30(37-31)29(36)23-12-6-4-7-13-23/h4-21H,3H2,1-2H3/t31-/m1/s1. The van der Waals surface area contributed by atoms with Crippen LogP contribution in [0.5, 0.6) is 0 Å². The fourth-order valence-corrected chi connectivity index (χ4v) is 6.18. The molecule has 4 aromatic rings. The van der Waals surface area contributed by atoms with Crippen molar-refractivity contribution in [3.8, 4) is 0 Å². The van der Waals surface area contributed by atoms with Gasteiger partial charge in [-0.3, -0.25) is 4.79 Å². The fourth-order valence-electron chi connectivity index (χ4n) is 4.82. The molecule has 0 fully saturated rings. The quantitative estimate of drug-likeness (QED) is 0.271. The summed E-state index contributed by atoms with van der Waals surface area (Å²) in [5.74, 6) is -0.102. The number of carbonyl (C=O) groups excluding carboxylic acids is 1. The SMILES string of the molecule is CCC1=NN(c2ccccc2)[C@]2(SC(C(=O)c3ccccc3)=NN2c2ccc(C)cc2)c2ccccc21. The van der Waals surface area contributed by atoms with Crippen LogP contribution < -0.4 is 10.0 Å². The number of hydrazone groups is 2. The molecule has 2 aliphatic rings. The van der Waals surface area contributed by atoms with Gasteiger partial charge in [-0.1, -0.05) is 97.4 Å². The highest BCUT2D eigenvalue weighted by atomic mass is 32.2. The molecule has 1 atom stereocenters. The number of hydrogen-bond donors (Lipinski definition) is 0. The van der Waals surface area contributed by atoms with Crippen LogP contribution in [0, 0.1) is 6.92 Å². The summed E-state index contributed by atoms with van der Waals surface area (Å²) in [4.78, 5) is 12.8.